The van der Waals surface area contributed by atoms with Gasteiger partial charge < -0.3 is 4.57 Å². The number of imidazole rings is 1. The highest BCUT2D eigenvalue weighted by Crippen LogP contribution is 2.36. The van der Waals surface area contributed by atoms with Crippen molar-refractivity contribution in [2.24, 2.45) is 7.05 Å². The molecule has 29 heavy (non-hydrogen) atoms. The minimum Gasteiger partial charge on any atom is -0.330 e. The lowest BCUT2D eigenvalue weighted by Crippen LogP contribution is -2.14. The third kappa shape index (κ3) is 2.94. The fourth-order valence-electron chi connectivity index (χ4n) is 3.36. The van der Waals surface area contributed by atoms with Gasteiger partial charge in [0.25, 0.3) is 0 Å². The van der Waals surface area contributed by atoms with Crippen LogP contribution in [0, 0.1) is 11.3 Å². The van der Waals surface area contributed by atoms with Crippen molar-refractivity contribution in [3.8, 4) is 16.0 Å². The number of nitriles is 1. The second kappa shape index (κ2) is 6.92. The Hall–Kier alpha value is -3.34. The van der Waals surface area contributed by atoms with Gasteiger partial charge >= 0.3 is 0 Å². The van der Waals surface area contributed by atoms with Crippen molar-refractivity contribution in [2.75, 3.05) is 0 Å². The number of hydrogen-bond donors (Lipinski definition) is 0. The van der Waals surface area contributed by atoms with E-state index in [1.807, 2.05) is 66.2 Å². The lowest BCUT2D eigenvalue weighted by Gasteiger charge is -2.07. The Kier molecular flexibility index (Phi) is 4.23. The smallest absolute Gasteiger partial charge is 0.197 e. The third-order valence-corrected chi connectivity index (χ3v) is 7.13. The monoisotopic (exact) mass is 414 g/mol. The standard InChI is InChI=1S/C22H14N4OS2/c1-26-16-8-4-2-6-14(16)24-21(26)13(12-23)20(27)18-10-11-19(28-18)22-25-15-7-3-5-9-17(15)29-22/h2-11,13H,1H3. The van der Waals surface area contributed by atoms with Crippen LogP contribution < -0.4 is 0 Å². The number of para-hydroxylation sites is 3. The SMILES string of the molecule is Cn1c(C(C#N)C(=O)c2ccc(-c3nc4ccccc4s3)s2)nc2ccccc21. The highest BCUT2D eigenvalue weighted by atomic mass is 32.1. The highest BCUT2D eigenvalue weighted by molar-refractivity contribution is 7.26. The molecule has 0 aliphatic heterocycles. The summed E-state index contributed by atoms with van der Waals surface area (Å²) in [5, 5.41) is 10.6. The maximum atomic E-state index is 13.1. The molecule has 0 spiro atoms. The van der Waals surface area contributed by atoms with E-state index in [0.29, 0.717) is 10.7 Å². The quantitative estimate of drug-likeness (QED) is 0.369. The Bertz CT molecular complexity index is 1390. The Balaban J connectivity index is 1.51. The van der Waals surface area contributed by atoms with E-state index in [1.54, 1.807) is 17.4 Å². The van der Waals surface area contributed by atoms with E-state index < -0.39 is 5.92 Å². The maximum Gasteiger partial charge on any atom is 0.197 e. The molecule has 5 aromatic rings. The van der Waals surface area contributed by atoms with E-state index in [1.165, 1.54) is 11.3 Å². The summed E-state index contributed by atoms with van der Waals surface area (Å²) < 4.78 is 2.93. The summed E-state index contributed by atoms with van der Waals surface area (Å²) in [7, 11) is 1.84. The number of carbonyl (C=O) groups excluding carboxylic acids is 1. The zero-order valence-electron chi connectivity index (χ0n) is 15.4. The number of Topliss-reactive ketones (excluding diaryl/α,β-unsaturated/α-hetero) is 1. The molecule has 0 saturated heterocycles. The van der Waals surface area contributed by atoms with Crippen LogP contribution in [0.15, 0.2) is 60.7 Å². The van der Waals surface area contributed by atoms with Gasteiger partial charge in [0.2, 0.25) is 0 Å². The van der Waals surface area contributed by atoms with Crippen LogP contribution in [-0.4, -0.2) is 20.3 Å². The molecule has 0 aliphatic rings. The van der Waals surface area contributed by atoms with Crippen molar-refractivity contribution in [3.05, 3.63) is 71.4 Å². The number of benzene rings is 2. The van der Waals surface area contributed by atoms with Gasteiger partial charge in [-0.1, -0.05) is 24.3 Å². The van der Waals surface area contributed by atoms with Crippen molar-refractivity contribution >= 4 is 49.7 Å². The molecule has 0 saturated carbocycles. The van der Waals surface area contributed by atoms with Gasteiger partial charge in [0.05, 0.1) is 37.1 Å². The maximum absolute atomic E-state index is 13.1. The molecule has 5 nitrogen and oxygen atoms in total. The summed E-state index contributed by atoms with van der Waals surface area (Å²) in [4.78, 5) is 23.8. The topological polar surface area (TPSA) is 71.6 Å². The van der Waals surface area contributed by atoms with Gasteiger partial charge in [-0.2, -0.15) is 5.26 Å². The lowest BCUT2D eigenvalue weighted by molar-refractivity contribution is 0.0979. The van der Waals surface area contributed by atoms with Gasteiger partial charge in [0.1, 0.15) is 10.8 Å². The molecule has 0 bridgehead atoms. The van der Waals surface area contributed by atoms with E-state index in [9.17, 15) is 10.1 Å². The average Bonchev–Trinajstić information content (AvgIpc) is 3.46. The van der Waals surface area contributed by atoms with E-state index in [-0.39, 0.29) is 5.78 Å². The number of rotatable bonds is 4. The fourth-order valence-corrected chi connectivity index (χ4v) is 5.36. The molecule has 7 heteroatoms. The summed E-state index contributed by atoms with van der Waals surface area (Å²) in [5.41, 5.74) is 2.62. The number of ketones is 1. The number of fused-ring (bicyclic) bond motifs is 2. The molecular weight excluding hydrogens is 400 g/mol. The molecule has 1 atom stereocenters. The zero-order chi connectivity index (χ0) is 20.0. The average molecular weight is 415 g/mol. The van der Waals surface area contributed by atoms with Crippen LogP contribution in [0.2, 0.25) is 0 Å². The molecule has 0 radical (unpaired) electrons. The molecule has 3 aromatic heterocycles. The lowest BCUT2D eigenvalue weighted by atomic mass is 10.0. The number of carbonyl (C=O) groups is 1. The zero-order valence-corrected chi connectivity index (χ0v) is 17.0. The van der Waals surface area contributed by atoms with Crippen LogP contribution in [0.25, 0.3) is 31.1 Å². The Morgan fingerprint density at radius 1 is 1.00 bits per heavy atom. The number of thiophene rings is 1. The molecule has 1 unspecified atom stereocenters. The Morgan fingerprint density at radius 2 is 1.76 bits per heavy atom. The minimum absolute atomic E-state index is 0.233. The molecule has 0 amide bonds. The van der Waals surface area contributed by atoms with Gasteiger partial charge in [0.15, 0.2) is 11.7 Å². The van der Waals surface area contributed by atoms with Gasteiger partial charge in [-0.15, -0.1) is 22.7 Å². The fraction of sp³-hybridized carbons (Fsp3) is 0.0909. The van der Waals surface area contributed by atoms with Gasteiger partial charge in [-0.05, 0) is 36.4 Å². The van der Waals surface area contributed by atoms with E-state index in [0.717, 1.165) is 31.1 Å². The van der Waals surface area contributed by atoms with E-state index in [2.05, 4.69) is 16.0 Å². The first-order valence-electron chi connectivity index (χ1n) is 8.96. The largest absolute Gasteiger partial charge is 0.330 e. The summed E-state index contributed by atoms with van der Waals surface area (Å²) in [6.07, 6.45) is 0. The van der Waals surface area contributed by atoms with Crippen molar-refractivity contribution in [1.82, 2.24) is 14.5 Å². The molecular formula is C22H14N4OS2. The second-order valence-corrected chi connectivity index (χ2v) is 8.71. The molecule has 0 N–H and O–H groups in total. The first kappa shape index (κ1) is 17.7. The molecule has 0 fully saturated rings. The Labute approximate surface area is 174 Å². The molecule has 0 aliphatic carbocycles. The molecule has 5 rings (SSSR count). The van der Waals surface area contributed by atoms with Gasteiger partial charge in [-0.25, -0.2) is 9.97 Å². The van der Waals surface area contributed by atoms with E-state index in [4.69, 9.17) is 0 Å². The number of nitrogens with zero attached hydrogens (tertiary/aromatic N) is 4. The van der Waals surface area contributed by atoms with Crippen LogP contribution in [0.3, 0.4) is 0 Å². The number of aryl methyl sites for hydroxylation is 1. The molecule has 140 valence electrons. The first-order valence-corrected chi connectivity index (χ1v) is 10.6. The van der Waals surface area contributed by atoms with Crippen LogP contribution >= 0.6 is 22.7 Å². The van der Waals surface area contributed by atoms with Crippen molar-refractivity contribution in [1.29, 1.82) is 5.26 Å². The van der Waals surface area contributed by atoms with E-state index >= 15 is 0 Å². The Morgan fingerprint density at radius 3 is 2.52 bits per heavy atom. The molecule has 2 aromatic carbocycles. The van der Waals surface area contributed by atoms with Crippen molar-refractivity contribution < 1.29 is 4.79 Å². The van der Waals surface area contributed by atoms with Gasteiger partial charge in [0, 0.05) is 7.05 Å². The summed E-state index contributed by atoms with van der Waals surface area (Å²) in [5.74, 6) is -0.717. The normalized spacial score (nSPS) is 12.3. The van der Waals surface area contributed by atoms with Crippen LogP contribution in [0.5, 0.6) is 0 Å². The predicted octanol–water partition coefficient (Wildman–Crippen LogP) is 5.40. The van der Waals surface area contributed by atoms with Crippen LogP contribution in [0.1, 0.15) is 21.4 Å². The minimum atomic E-state index is -0.950. The van der Waals surface area contributed by atoms with Crippen LogP contribution in [-0.2, 0) is 7.05 Å². The number of aromatic nitrogens is 3. The number of hydrogen-bond acceptors (Lipinski definition) is 6. The third-order valence-electron chi connectivity index (χ3n) is 4.82. The summed E-state index contributed by atoms with van der Waals surface area (Å²) >= 11 is 2.97. The summed E-state index contributed by atoms with van der Waals surface area (Å²) in [6.45, 7) is 0. The van der Waals surface area contributed by atoms with Gasteiger partial charge in [-0.3, -0.25) is 4.79 Å². The second-order valence-electron chi connectivity index (χ2n) is 6.59. The van der Waals surface area contributed by atoms with Crippen molar-refractivity contribution in [3.63, 3.8) is 0 Å². The summed E-state index contributed by atoms with van der Waals surface area (Å²) in [6, 6.07) is 21.4. The highest BCUT2D eigenvalue weighted by Gasteiger charge is 2.28. The number of thiazole rings is 1. The first-order chi connectivity index (χ1) is 14.2. The van der Waals surface area contributed by atoms with Crippen molar-refractivity contribution in [2.45, 2.75) is 5.92 Å². The molecule has 3 heterocycles. The van der Waals surface area contributed by atoms with Crippen LogP contribution in [0.4, 0.5) is 0 Å². The predicted molar refractivity (Wildman–Crippen MR) is 116 cm³/mol.